The first kappa shape index (κ1) is 31.7. The second-order valence-electron chi connectivity index (χ2n) is 8.38. The van der Waals surface area contributed by atoms with Crippen LogP contribution in [0.1, 0.15) is 68.2 Å². The zero-order valence-electron chi connectivity index (χ0n) is 19.9. The highest BCUT2D eigenvalue weighted by Gasteiger charge is 2.35. The van der Waals surface area contributed by atoms with Crippen LogP contribution in [0.15, 0.2) is 11.6 Å². The number of nitrogens with two attached hydrogens (primary N) is 1. The van der Waals surface area contributed by atoms with Gasteiger partial charge in [-0.1, -0.05) is 47.1 Å². The lowest BCUT2D eigenvalue weighted by molar-refractivity contribution is -0.138. The lowest BCUT2D eigenvalue weighted by Crippen LogP contribution is -2.54. The number of rotatable bonds is 7. The smallest absolute Gasteiger partial charge is 0.331 e. The molecule has 0 aromatic heterocycles. The molecule has 0 heterocycles. The van der Waals surface area contributed by atoms with Crippen molar-refractivity contribution in [2.45, 2.75) is 79.9 Å². The van der Waals surface area contributed by atoms with Crippen molar-refractivity contribution in [3.8, 4) is 0 Å². The van der Waals surface area contributed by atoms with Crippen molar-refractivity contribution in [3.63, 3.8) is 0 Å². The fraction of sp³-hybridized carbons (Fsp3) is 0.762. The molecule has 0 saturated heterocycles. The van der Waals surface area contributed by atoms with Gasteiger partial charge >= 0.3 is 5.97 Å². The first-order valence-electron chi connectivity index (χ1n) is 9.77. The van der Waals surface area contributed by atoms with Gasteiger partial charge in [-0.2, -0.15) is 0 Å². The van der Waals surface area contributed by atoms with E-state index in [1.54, 1.807) is 20.8 Å². The standard InChI is InChI=1S/C17H29FN2O4.C3H8.CH5N/c1-11(15(23)24)8-9-20(7)14(22)13(16(2,3)4)19-12(21)10-17(5,6)18;1-3-2;1-2/h8,13H,9-10H2,1-7H3,(H,19,21)(H,23,24);3H2,1-2H3;2H2,1H3/b11-8+;;. The van der Waals surface area contributed by atoms with E-state index in [0.717, 1.165) is 0 Å². The quantitative estimate of drug-likeness (QED) is 0.549. The van der Waals surface area contributed by atoms with E-state index in [0.29, 0.717) is 0 Å². The maximum atomic E-state index is 13.6. The first-order chi connectivity index (χ1) is 13.1. The molecule has 0 aliphatic rings. The number of carboxylic acid groups (broad SMARTS) is 1. The minimum absolute atomic E-state index is 0.105. The molecule has 0 radical (unpaired) electrons. The fourth-order valence-electron chi connectivity index (χ4n) is 1.91. The molecule has 4 N–H and O–H groups in total. The van der Waals surface area contributed by atoms with Crippen molar-refractivity contribution in [1.29, 1.82) is 0 Å². The van der Waals surface area contributed by atoms with Gasteiger partial charge < -0.3 is 21.1 Å². The van der Waals surface area contributed by atoms with Crippen LogP contribution in [-0.4, -0.2) is 60.1 Å². The Hall–Kier alpha value is -1.96. The van der Waals surface area contributed by atoms with Crippen molar-refractivity contribution in [2.24, 2.45) is 11.1 Å². The SMILES string of the molecule is C/C(=C\CN(C)C(=O)C(NC(=O)CC(C)(C)F)C(C)(C)C)C(=O)O.CCC.CN. The van der Waals surface area contributed by atoms with E-state index < -0.39 is 29.0 Å². The molecule has 0 aliphatic heterocycles. The van der Waals surface area contributed by atoms with Gasteiger partial charge in [0.05, 0.1) is 6.42 Å². The number of hydrogen-bond acceptors (Lipinski definition) is 4. The van der Waals surface area contributed by atoms with Gasteiger partial charge in [0.1, 0.15) is 11.7 Å². The third-order valence-corrected chi connectivity index (χ3v) is 3.38. The third-order valence-electron chi connectivity index (χ3n) is 3.38. The molecule has 8 heteroatoms. The fourth-order valence-corrected chi connectivity index (χ4v) is 1.91. The molecule has 2 amide bonds. The van der Waals surface area contributed by atoms with Gasteiger partial charge in [0.15, 0.2) is 0 Å². The van der Waals surface area contributed by atoms with Crippen molar-refractivity contribution >= 4 is 17.8 Å². The van der Waals surface area contributed by atoms with Crippen molar-refractivity contribution in [1.82, 2.24) is 10.2 Å². The molecular formula is C21H42FN3O4. The highest BCUT2D eigenvalue weighted by Crippen LogP contribution is 2.22. The Morgan fingerprint density at radius 3 is 1.86 bits per heavy atom. The number of halogens is 1. The average Bonchev–Trinajstić information content (AvgIpc) is 2.56. The van der Waals surface area contributed by atoms with E-state index in [1.165, 1.54) is 52.3 Å². The number of carboxylic acids is 1. The summed E-state index contributed by atoms with van der Waals surface area (Å²) in [4.78, 5) is 36.7. The number of nitrogens with zero attached hydrogens (tertiary/aromatic N) is 1. The number of likely N-dealkylation sites (N-methyl/N-ethyl adjacent to an activating group) is 1. The van der Waals surface area contributed by atoms with Gasteiger partial charge in [-0.15, -0.1) is 0 Å². The molecule has 172 valence electrons. The number of carbonyl (C=O) groups excluding carboxylic acids is 2. The molecule has 0 spiro atoms. The molecule has 0 saturated carbocycles. The van der Waals surface area contributed by atoms with Crippen LogP contribution in [0.2, 0.25) is 0 Å². The van der Waals surface area contributed by atoms with Crippen LogP contribution in [0.25, 0.3) is 0 Å². The molecule has 0 aliphatic carbocycles. The minimum atomic E-state index is -1.66. The summed E-state index contributed by atoms with van der Waals surface area (Å²) in [7, 11) is 3.03. The third kappa shape index (κ3) is 16.7. The highest BCUT2D eigenvalue weighted by molar-refractivity contribution is 5.89. The van der Waals surface area contributed by atoms with Gasteiger partial charge in [0.25, 0.3) is 0 Å². The summed E-state index contributed by atoms with van der Waals surface area (Å²) >= 11 is 0. The van der Waals surface area contributed by atoms with Gasteiger partial charge in [-0.05, 0) is 33.2 Å². The zero-order valence-corrected chi connectivity index (χ0v) is 19.9. The van der Waals surface area contributed by atoms with E-state index in [4.69, 9.17) is 5.11 Å². The van der Waals surface area contributed by atoms with Crippen LogP contribution in [0, 0.1) is 5.41 Å². The Morgan fingerprint density at radius 2 is 1.55 bits per heavy atom. The molecule has 29 heavy (non-hydrogen) atoms. The summed E-state index contributed by atoms with van der Waals surface area (Å²) in [5, 5.41) is 11.4. The normalized spacial score (nSPS) is 12.5. The molecule has 0 aromatic rings. The van der Waals surface area contributed by atoms with E-state index in [2.05, 4.69) is 24.9 Å². The Balaban J connectivity index is -0.00000123. The minimum Gasteiger partial charge on any atom is -0.478 e. The summed E-state index contributed by atoms with van der Waals surface area (Å²) in [5.41, 5.74) is 2.39. The topological polar surface area (TPSA) is 113 Å². The van der Waals surface area contributed by atoms with Crippen LogP contribution in [0.3, 0.4) is 0 Å². The average molecular weight is 420 g/mol. The zero-order chi connectivity index (χ0) is 24.0. The molecule has 0 aromatic carbocycles. The van der Waals surface area contributed by atoms with E-state index >= 15 is 0 Å². The number of carbonyl (C=O) groups is 3. The molecule has 1 unspecified atom stereocenters. The lowest BCUT2D eigenvalue weighted by Gasteiger charge is -2.33. The van der Waals surface area contributed by atoms with Crippen LogP contribution < -0.4 is 11.1 Å². The van der Waals surface area contributed by atoms with Crippen molar-refractivity contribution in [3.05, 3.63) is 11.6 Å². The summed E-state index contributed by atoms with van der Waals surface area (Å²) in [6.45, 7) is 13.8. The lowest BCUT2D eigenvalue weighted by atomic mass is 9.85. The number of nitrogens with one attached hydrogen (secondary N) is 1. The van der Waals surface area contributed by atoms with Gasteiger partial charge in [0, 0.05) is 19.2 Å². The van der Waals surface area contributed by atoms with Crippen LogP contribution >= 0.6 is 0 Å². The molecule has 0 fully saturated rings. The van der Waals surface area contributed by atoms with E-state index in [9.17, 15) is 18.8 Å². The maximum Gasteiger partial charge on any atom is 0.331 e. The largest absolute Gasteiger partial charge is 0.478 e. The molecule has 1 atom stereocenters. The van der Waals surface area contributed by atoms with E-state index in [-0.39, 0.29) is 24.4 Å². The molecule has 0 rings (SSSR count). The predicted octanol–water partition coefficient (Wildman–Crippen LogP) is 3.14. The first-order valence-corrected chi connectivity index (χ1v) is 9.77. The molecule has 0 bridgehead atoms. The van der Waals surface area contributed by atoms with E-state index in [1.807, 2.05) is 0 Å². The number of alkyl halides is 1. The maximum absolute atomic E-state index is 13.6. The molecular weight excluding hydrogens is 377 g/mol. The Labute approximate surface area is 175 Å². The van der Waals surface area contributed by atoms with Crippen LogP contribution in [-0.2, 0) is 14.4 Å². The van der Waals surface area contributed by atoms with Gasteiger partial charge in [0.2, 0.25) is 11.8 Å². The summed E-state index contributed by atoms with van der Waals surface area (Å²) in [5.74, 6) is -1.95. The second kappa shape index (κ2) is 15.0. The Bertz CT molecular complexity index is 535. The Kier molecular flexibility index (Phi) is 16.4. The highest BCUT2D eigenvalue weighted by atomic mass is 19.1. The summed E-state index contributed by atoms with van der Waals surface area (Å²) in [6, 6.07) is -0.837. The number of amides is 2. The van der Waals surface area contributed by atoms with Crippen molar-refractivity contribution < 1.29 is 23.9 Å². The second-order valence-corrected chi connectivity index (χ2v) is 8.38. The van der Waals surface area contributed by atoms with Crippen LogP contribution in [0.5, 0.6) is 0 Å². The Morgan fingerprint density at radius 1 is 1.14 bits per heavy atom. The van der Waals surface area contributed by atoms with Gasteiger partial charge in [-0.3, -0.25) is 9.59 Å². The predicted molar refractivity (Wildman–Crippen MR) is 116 cm³/mol. The summed E-state index contributed by atoms with van der Waals surface area (Å²) in [6.07, 6.45) is 2.33. The van der Waals surface area contributed by atoms with Crippen molar-refractivity contribution in [2.75, 3.05) is 20.6 Å². The monoisotopic (exact) mass is 419 g/mol. The summed E-state index contributed by atoms with van der Waals surface area (Å²) < 4.78 is 13.6. The van der Waals surface area contributed by atoms with Gasteiger partial charge in [-0.25, -0.2) is 9.18 Å². The number of hydrogen-bond donors (Lipinski definition) is 3. The van der Waals surface area contributed by atoms with Crippen LogP contribution in [0.4, 0.5) is 4.39 Å². The molecule has 7 nitrogen and oxygen atoms in total. The number of aliphatic carboxylic acids is 1.